The first-order valence-electron chi connectivity index (χ1n) is 8.69. The highest BCUT2D eigenvalue weighted by molar-refractivity contribution is 6.07. The van der Waals surface area contributed by atoms with Crippen molar-refractivity contribution in [1.82, 2.24) is 10.3 Å². The number of rotatable bonds is 6. The van der Waals surface area contributed by atoms with Crippen molar-refractivity contribution in [3.05, 3.63) is 77.9 Å². The van der Waals surface area contributed by atoms with Gasteiger partial charge in [0.1, 0.15) is 12.4 Å². The van der Waals surface area contributed by atoms with E-state index in [-0.39, 0.29) is 0 Å². The van der Waals surface area contributed by atoms with Gasteiger partial charge in [0.2, 0.25) is 0 Å². The second-order valence-electron chi connectivity index (χ2n) is 6.39. The molecule has 4 rings (SSSR count). The van der Waals surface area contributed by atoms with Crippen LogP contribution in [0.3, 0.4) is 0 Å². The van der Waals surface area contributed by atoms with Crippen LogP contribution in [0, 0.1) is 6.92 Å². The standard InChI is InChI=1S/C22H22N2O/c1-16-7-10-21-20(13-16)19-9-8-18(14-22(19)24-21)25-12-11-23-15-17-5-3-2-4-6-17/h2-10,13-14,23-24H,11-12,15H2,1H3. The molecule has 2 N–H and O–H groups in total. The average molecular weight is 330 g/mol. The lowest BCUT2D eigenvalue weighted by molar-refractivity contribution is 0.314. The lowest BCUT2D eigenvalue weighted by Gasteiger charge is -2.08. The molecule has 0 radical (unpaired) electrons. The van der Waals surface area contributed by atoms with Crippen LogP contribution in [0.25, 0.3) is 21.8 Å². The molecule has 0 aliphatic carbocycles. The Morgan fingerprint density at radius 1 is 0.880 bits per heavy atom. The number of fused-ring (bicyclic) bond motifs is 3. The van der Waals surface area contributed by atoms with Gasteiger partial charge in [-0.15, -0.1) is 0 Å². The molecule has 25 heavy (non-hydrogen) atoms. The lowest BCUT2D eigenvalue weighted by atomic mass is 10.1. The Labute approximate surface area is 147 Å². The van der Waals surface area contributed by atoms with E-state index in [4.69, 9.17) is 4.74 Å². The summed E-state index contributed by atoms with van der Waals surface area (Å²) in [4.78, 5) is 3.47. The molecule has 0 fully saturated rings. The van der Waals surface area contributed by atoms with Crippen LogP contribution < -0.4 is 10.1 Å². The van der Waals surface area contributed by atoms with Crippen LogP contribution in [-0.4, -0.2) is 18.1 Å². The summed E-state index contributed by atoms with van der Waals surface area (Å²) in [7, 11) is 0. The third-order valence-corrected chi connectivity index (χ3v) is 4.45. The summed E-state index contributed by atoms with van der Waals surface area (Å²) in [5.74, 6) is 0.900. The maximum absolute atomic E-state index is 5.89. The quantitative estimate of drug-likeness (QED) is 0.498. The number of aryl methyl sites for hydroxylation is 1. The van der Waals surface area contributed by atoms with Gasteiger partial charge in [-0.2, -0.15) is 0 Å². The first-order chi connectivity index (χ1) is 12.3. The molecule has 0 amide bonds. The minimum absolute atomic E-state index is 0.650. The Morgan fingerprint density at radius 3 is 2.64 bits per heavy atom. The van der Waals surface area contributed by atoms with Gasteiger partial charge >= 0.3 is 0 Å². The summed E-state index contributed by atoms with van der Waals surface area (Å²) in [5.41, 5.74) is 4.85. The van der Waals surface area contributed by atoms with Gasteiger partial charge < -0.3 is 15.0 Å². The van der Waals surface area contributed by atoms with Crippen LogP contribution in [0.4, 0.5) is 0 Å². The molecule has 1 heterocycles. The molecular formula is C22H22N2O. The summed E-state index contributed by atoms with van der Waals surface area (Å²) < 4.78 is 5.89. The zero-order valence-corrected chi connectivity index (χ0v) is 14.4. The van der Waals surface area contributed by atoms with Crippen molar-refractivity contribution >= 4 is 21.8 Å². The number of nitrogens with one attached hydrogen (secondary N) is 2. The second-order valence-corrected chi connectivity index (χ2v) is 6.39. The Hall–Kier alpha value is -2.78. The van der Waals surface area contributed by atoms with Crippen molar-refractivity contribution in [3.8, 4) is 5.75 Å². The molecule has 0 aliphatic heterocycles. The van der Waals surface area contributed by atoms with E-state index >= 15 is 0 Å². The Bertz CT molecular complexity index is 989. The largest absolute Gasteiger partial charge is 0.492 e. The van der Waals surface area contributed by atoms with Gasteiger partial charge in [0, 0.05) is 35.4 Å². The number of aromatic amines is 1. The predicted octanol–water partition coefficient (Wildman–Crippen LogP) is 4.80. The molecule has 0 atom stereocenters. The summed E-state index contributed by atoms with van der Waals surface area (Å²) in [5, 5.41) is 5.92. The molecule has 0 unspecified atom stereocenters. The van der Waals surface area contributed by atoms with Crippen molar-refractivity contribution in [2.24, 2.45) is 0 Å². The highest BCUT2D eigenvalue weighted by Gasteiger charge is 2.05. The fraction of sp³-hybridized carbons (Fsp3) is 0.182. The number of hydrogen-bond acceptors (Lipinski definition) is 2. The zero-order chi connectivity index (χ0) is 17.1. The highest BCUT2D eigenvalue weighted by Crippen LogP contribution is 2.28. The molecular weight excluding hydrogens is 308 g/mol. The Balaban J connectivity index is 1.38. The minimum atomic E-state index is 0.650. The molecule has 3 nitrogen and oxygen atoms in total. The van der Waals surface area contributed by atoms with Gasteiger partial charge in [0.15, 0.2) is 0 Å². The van der Waals surface area contributed by atoms with Crippen LogP contribution in [-0.2, 0) is 6.54 Å². The van der Waals surface area contributed by atoms with Gasteiger partial charge in [-0.1, -0.05) is 42.0 Å². The lowest BCUT2D eigenvalue weighted by Crippen LogP contribution is -2.20. The minimum Gasteiger partial charge on any atom is -0.492 e. The van der Waals surface area contributed by atoms with E-state index in [0.29, 0.717) is 6.61 Å². The topological polar surface area (TPSA) is 37.0 Å². The summed E-state index contributed by atoms with van der Waals surface area (Å²) in [6.45, 7) is 4.46. The van der Waals surface area contributed by atoms with Crippen LogP contribution >= 0.6 is 0 Å². The number of hydrogen-bond donors (Lipinski definition) is 2. The molecule has 0 bridgehead atoms. The van der Waals surface area contributed by atoms with Gasteiger partial charge in [0.25, 0.3) is 0 Å². The number of H-pyrrole nitrogens is 1. The molecule has 126 valence electrons. The van der Waals surface area contributed by atoms with Gasteiger partial charge in [0.05, 0.1) is 5.52 Å². The van der Waals surface area contributed by atoms with Gasteiger partial charge in [-0.05, 0) is 36.8 Å². The molecule has 3 aromatic carbocycles. The maximum atomic E-state index is 5.89. The Kier molecular flexibility index (Phi) is 4.40. The van der Waals surface area contributed by atoms with Gasteiger partial charge in [-0.3, -0.25) is 0 Å². The normalized spacial score (nSPS) is 11.2. The van der Waals surface area contributed by atoms with Crippen LogP contribution in [0.15, 0.2) is 66.7 Å². The smallest absolute Gasteiger partial charge is 0.121 e. The van der Waals surface area contributed by atoms with Gasteiger partial charge in [-0.25, -0.2) is 0 Å². The van der Waals surface area contributed by atoms with Crippen LogP contribution in [0.1, 0.15) is 11.1 Å². The van der Waals surface area contributed by atoms with E-state index in [2.05, 4.69) is 77.9 Å². The molecule has 1 aromatic heterocycles. The van der Waals surface area contributed by atoms with E-state index in [1.807, 2.05) is 6.07 Å². The van der Waals surface area contributed by atoms with Crippen molar-refractivity contribution < 1.29 is 4.74 Å². The van der Waals surface area contributed by atoms with Crippen molar-refractivity contribution in [1.29, 1.82) is 0 Å². The molecule has 3 heteroatoms. The zero-order valence-electron chi connectivity index (χ0n) is 14.4. The van der Waals surface area contributed by atoms with Crippen LogP contribution in [0.5, 0.6) is 5.75 Å². The predicted molar refractivity (Wildman–Crippen MR) is 104 cm³/mol. The van der Waals surface area contributed by atoms with Crippen molar-refractivity contribution in [3.63, 3.8) is 0 Å². The van der Waals surface area contributed by atoms with E-state index in [1.54, 1.807) is 0 Å². The summed E-state index contributed by atoms with van der Waals surface area (Å²) in [6.07, 6.45) is 0. The highest BCUT2D eigenvalue weighted by atomic mass is 16.5. The number of ether oxygens (including phenoxy) is 1. The summed E-state index contributed by atoms with van der Waals surface area (Å²) >= 11 is 0. The van der Waals surface area contributed by atoms with E-state index in [9.17, 15) is 0 Å². The van der Waals surface area contributed by atoms with E-state index in [1.165, 1.54) is 27.4 Å². The molecule has 0 saturated heterocycles. The molecule has 0 saturated carbocycles. The second kappa shape index (κ2) is 6.99. The number of benzene rings is 3. The number of aromatic nitrogens is 1. The fourth-order valence-electron chi connectivity index (χ4n) is 3.16. The van der Waals surface area contributed by atoms with E-state index in [0.717, 1.165) is 24.4 Å². The third-order valence-electron chi connectivity index (χ3n) is 4.45. The first kappa shape index (κ1) is 15.7. The van der Waals surface area contributed by atoms with Crippen LogP contribution in [0.2, 0.25) is 0 Å². The monoisotopic (exact) mass is 330 g/mol. The van der Waals surface area contributed by atoms with Crippen molar-refractivity contribution in [2.45, 2.75) is 13.5 Å². The van der Waals surface area contributed by atoms with Crippen molar-refractivity contribution in [2.75, 3.05) is 13.2 Å². The summed E-state index contributed by atoms with van der Waals surface area (Å²) in [6, 6.07) is 23.2. The average Bonchev–Trinajstić information content (AvgIpc) is 2.99. The first-order valence-corrected chi connectivity index (χ1v) is 8.69. The third kappa shape index (κ3) is 3.52. The Morgan fingerprint density at radius 2 is 1.76 bits per heavy atom. The SMILES string of the molecule is Cc1ccc2[nH]c3cc(OCCNCc4ccccc4)ccc3c2c1. The molecule has 0 aliphatic rings. The maximum Gasteiger partial charge on any atom is 0.121 e. The van der Waals surface area contributed by atoms with E-state index < -0.39 is 0 Å². The molecule has 0 spiro atoms. The fourth-order valence-corrected chi connectivity index (χ4v) is 3.16. The molecule has 4 aromatic rings.